The Balaban J connectivity index is 1.69. The monoisotopic (exact) mass is 304 g/mol. The first-order valence-electron chi connectivity index (χ1n) is 7.28. The van der Waals surface area contributed by atoms with Gasteiger partial charge in [0.2, 0.25) is 5.16 Å². The molecule has 0 N–H and O–H groups in total. The molecule has 0 amide bonds. The fourth-order valence-electron chi connectivity index (χ4n) is 2.74. The minimum Gasteiger partial charge on any atom is -0.381 e. The van der Waals surface area contributed by atoms with Crippen molar-refractivity contribution in [3.05, 3.63) is 34.9 Å². The van der Waals surface area contributed by atoms with E-state index in [1.165, 1.54) is 16.7 Å². The Bertz CT molecular complexity index is 587. The number of ether oxygens (including phenoxy) is 1. The van der Waals surface area contributed by atoms with Crippen molar-refractivity contribution in [3.63, 3.8) is 0 Å². The average molecular weight is 304 g/mol. The second-order valence-corrected chi connectivity index (χ2v) is 6.48. The molecule has 1 saturated heterocycles. The van der Waals surface area contributed by atoms with Crippen molar-refractivity contribution in [3.8, 4) is 0 Å². The number of tetrazole rings is 1. The Morgan fingerprint density at radius 2 is 1.90 bits per heavy atom. The summed E-state index contributed by atoms with van der Waals surface area (Å²) in [4.78, 5) is 0. The van der Waals surface area contributed by atoms with Crippen molar-refractivity contribution in [1.82, 2.24) is 20.2 Å². The summed E-state index contributed by atoms with van der Waals surface area (Å²) in [6, 6.07) is 7.02. The Labute approximate surface area is 129 Å². The predicted octanol–water partition coefficient (Wildman–Crippen LogP) is 2.93. The maximum atomic E-state index is 5.40. The minimum atomic E-state index is 0.371. The van der Waals surface area contributed by atoms with Gasteiger partial charge in [-0.1, -0.05) is 41.1 Å². The van der Waals surface area contributed by atoms with E-state index in [2.05, 4.69) is 47.6 Å². The summed E-state index contributed by atoms with van der Waals surface area (Å²) < 4.78 is 7.37. The van der Waals surface area contributed by atoms with Gasteiger partial charge in [-0.05, 0) is 42.7 Å². The van der Waals surface area contributed by atoms with Gasteiger partial charge >= 0.3 is 0 Å². The Hall–Kier alpha value is -1.40. The third kappa shape index (κ3) is 3.63. The van der Waals surface area contributed by atoms with Crippen molar-refractivity contribution < 1.29 is 4.74 Å². The van der Waals surface area contributed by atoms with E-state index in [9.17, 15) is 0 Å². The summed E-state index contributed by atoms with van der Waals surface area (Å²) in [5, 5.41) is 13.1. The first-order valence-corrected chi connectivity index (χ1v) is 8.26. The van der Waals surface area contributed by atoms with Crippen LogP contribution in [0.4, 0.5) is 0 Å². The van der Waals surface area contributed by atoms with E-state index in [1.54, 1.807) is 11.8 Å². The highest BCUT2D eigenvalue weighted by Gasteiger charge is 2.20. The summed E-state index contributed by atoms with van der Waals surface area (Å²) >= 11 is 1.70. The highest BCUT2D eigenvalue weighted by molar-refractivity contribution is 7.98. The van der Waals surface area contributed by atoms with Crippen LogP contribution in [0.15, 0.2) is 23.4 Å². The molecule has 1 aliphatic rings. The highest BCUT2D eigenvalue weighted by atomic mass is 32.2. The molecule has 0 bridgehead atoms. The van der Waals surface area contributed by atoms with Crippen LogP contribution < -0.4 is 0 Å². The van der Waals surface area contributed by atoms with Gasteiger partial charge in [0.1, 0.15) is 0 Å². The molecule has 0 spiro atoms. The molecule has 6 heteroatoms. The summed E-state index contributed by atoms with van der Waals surface area (Å²) in [5.74, 6) is 0.895. The third-order valence-electron chi connectivity index (χ3n) is 3.65. The molecule has 1 aromatic carbocycles. The number of rotatable bonds is 4. The van der Waals surface area contributed by atoms with Gasteiger partial charge in [-0.2, -0.15) is 0 Å². The molecule has 1 aromatic heterocycles. The molecule has 112 valence electrons. The van der Waals surface area contributed by atoms with Gasteiger partial charge < -0.3 is 4.74 Å². The molecule has 0 radical (unpaired) electrons. The van der Waals surface area contributed by atoms with Gasteiger partial charge in [0, 0.05) is 19.0 Å². The van der Waals surface area contributed by atoms with Crippen LogP contribution in [0, 0.1) is 13.8 Å². The van der Waals surface area contributed by atoms with E-state index >= 15 is 0 Å². The van der Waals surface area contributed by atoms with Crippen LogP contribution in [0.25, 0.3) is 0 Å². The van der Waals surface area contributed by atoms with Crippen LogP contribution in [0.2, 0.25) is 0 Å². The van der Waals surface area contributed by atoms with Crippen LogP contribution >= 0.6 is 11.8 Å². The lowest BCUT2D eigenvalue weighted by Crippen LogP contribution is -2.21. The normalized spacial score (nSPS) is 16.3. The van der Waals surface area contributed by atoms with Crippen molar-refractivity contribution in [1.29, 1.82) is 0 Å². The predicted molar refractivity (Wildman–Crippen MR) is 82.4 cm³/mol. The molecule has 1 fully saturated rings. The van der Waals surface area contributed by atoms with Crippen molar-refractivity contribution in [2.24, 2.45) is 0 Å². The molecular weight excluding hydrogens is 284 g/mol. The smallest absolute Gasteiger partial charge is 0.209 e. The molecule has 2 aromatic rings. The van der Waals surface area contributed by atoms with Crippen LogP contribution in [-0.4, -0.2) is 33.4 Å². The fourth-order valence-corrected chi connectivity index (χ4v) is 3.61. The number of nitrogens with zero attached hydrogens (tertiary/aromatic N) is 4. The SMILES string of the molecule is Cc1cc(C)cc(CSc2nnnn2C2CCOCC2)c1. The van der Waals surface area contributed by atoms with E-state index in [0.29, 0.717) is 6.04 Å². The Morgan fingerprint density at radius 1 is 1.19 bits per heavy atom. The highest BCUT2D eigenvalue weighted by Crippen LogP contribution is 2.27. The number of thioether (sulfide) groups is 1. The largest absolute Gasteiger partial charge is 0.381 e. The lowest BCUT2D eigenvalue weighted by molar-refractivity contribution is 0.0631. The lowest BCUT2D eigenvalue weighted by Gasteiger charge is -2.22. The number of hydrogen-bond donors (Lipinski definition) is 0. The van der Waals surface area contributed by atoms with Crippen molar-refractivity contribution in [2.45, 2.75) is 43.6 Å². The van der Waals surface area contributed by atoms with E-state index in [0.717, 1.165) is 37.0 Å². The van der Waals surface area contributed by atoms with Crippen LogP contribution in [0.5, 0.6) is 0 Å². The van der Waals surface area contributed by atoms with Gasteiger partial charge in [0.15, 0.2) is 0 Å². The molecule has 21 heavy (non-hydrogen) atoms. The van der Waals surface area contributed by atoms with Crippen LogP contribution in [0.3, 0.4) is 0 Å². The Kier molecular flexibility index (Phi) is 4.55. The van der Waals surface area contributed by atoms with Gasteiger partial charge in [-0.25, -0.2) is 4.68 Å². The van der Waals surface area contributed by atoms with Crippen LogP contribution in [-0.2, 0) is 10.5 Å². The zero-order chi connectivity index (χ0) is 14.7. The molecule has 0 aliphatic carbocycles. The standard InChI is InChI=1S/C15H20N4OS/c1-11-7-12(2)9-13(8-11)10-21-15-16-17-18-19(15)14-3-5-20-6-4-14/h7-9,14H,3-6,10H2,1-2H3. The van der Waals surface area contributed by atoms with E-state index in [-0.39, 0.29) is 0 Å². The van der Waals surface area contributed by atoms with Gasteiger partial charge in [0.25, 0.3) is 0 Å². The average Bonchev–Trinajstić information content (AvgIpc) is 2.93. The number of aromatic nitrogens is 4. The molecule has 1 aliphatic heterocycles. The zero-order valence-corrected chi connectivity index (χ0v) is 13.3. The van der Waals surface area contributed by atoms with E-state index in [4.69, 9.17) is 4.74 Å². The maximum Gasteiger partial charge on any atom is 0.209 e. The molecule has 2 heterocycles. The zero-order valence-electron chi connectivity index (χ0n) is 12.5. The van der Waals surface area contributed by atoms with Crippen LogP contribution in [0.1, 0.15) is 35.6 Å². The third-order valence-corrected chi connectivity index (χ3v) is 4.65. The minimum absolute atomic E-state index is 0.371. The molecular formula is C15H20N4OS. The van der Waals surface area contributed by atoms with E-state index in [1.807, 2.05) is 4.68 Å². The first kappa shape index (κ1) is 14.5. The number of hydrogen-bond acceptors (Lipinski definition) is 5. The van der Waals surface area contributed by atoms with Crippen molar-refractivity contribution in [2.75, 3.05) is 13.2 Å². The van der Waals surface area contributed by atoms with E-state index < -0.39 is 0 Å². The molecule has 0 saturated carbocycles. The maximum absolute atomic E-state index is 5.40. The summed E-state index contributed by atoms with van der Waals surface area (Å²) in [5.41, 5.74) is 3.92. The fraction of sp³-hybridized carbons (Fsp3) is 0.533. The first-order chi connectivity index (χ1) is 10.2. The van der Waals surface area contributed by atoms with Crippen molar-refractivity contribution >= 4 is 11.8 Å². The van der Waals surface area contributed by atoms with Gasteiger partial charge in [0.05, 0.1) is 6.04 Å². The topological polar surface area (TPSA) is 52.8 Å². The molecule has 0 unspecified atom stereocenters. The molecule has 0 atom stereocenters. The lowest BCUT2D eigenvalue weighted by atomic mass is 10.1. The second-order valence-electron chi connectivity index (χ2n) is 5.53. The molecule has 3 rings (SSSR count). The summed E-state index contributed by atoms with van der Waals surface area (Å²) in [7, 11) is 0. The summed E-state index contributed by atoms with van der Waals surface area (Å²) in [6.45, 7) is 5.86. The van der Waals surface area contributed by atoms with Gasteiger partial charge in [-0.15, -0.1) is 5.10 Å². The Morgan fingerprint density at radius 3 is 2.62 bits per heavy atom. The number of benzene rings is 1. The van der Waals surface area contributed by atoms with Gasteiger partial charge in [-0.3, -0.25) is 0 Å². The quantitative estimate of drug-likeness (QED) is 0.813. The summed E-state index contributed by atoms with van der Waals surface area (Å²) in [6.07, 6.45) is 1.98. The number of aryl methyl sites for hydroxylation is 2. The second kappa shape index (κ2) is 6.58. The molecule has 5 nitrogen and oxygen atoms in total.